The van der Waals surface area contributed by atoms with E-state index >= 15 is 0 Å². The molecule has 2 aliphatic rings. The number of hydrogen-bond acceptors (Lipinski definition) is 4. The maximum Gasteiger partial charge on any atom is 0.0682 e. The zero-order chi connectivity index (χ0) is 19.6. The lowest BCUT2D eigenvalue weighted by atomic mass is 9.58. The van der Waals surface area contributed by atoms with Crippen LogP contribution in [0.15, 0.2) is 48.5 Å². The van der Waals surface area contributed by atoms with Gasteiger partial charge < -0.3 is 15.6 Å². The van der Waals surface area contributed by atoms with Crippen LogP contribution in [0.4, 0.5) is 0 Å². The van der Waals surface area contributed by atoms with Crippen molar-refractivity contribution in [2.75, 3.05) is 26.2 Å². The molecule has 166 valence electrons. The Bertz CT molecular complexity index is 792. The Morgan fingerprint density at radius 3 is 2.33 bits per heavy atom. The molecule has 0 radical (unpaired) electrons. The number of likely N-dealkylation sites (tertiary alicyclic amines) is 1. The van der Waals surface area contributed by atoms with Crippen molar-refractivity contribution in [3.8, 4) is 11.1 Å². The summed E-state index contributed by atoms with van der Waals surface area (Å²) in [5, 5.41) is 10.4. The van der Waals surface area contributed by atoms with E-state index in [1.165, 1.54) is 22.3 Å². The van der Waals surface area contributed by atoms with Gasteiger partial charge in [0.05, 0.1) is 18.8 Å². The first-order chi connectivity index (χ1) is 13.6. The molecule has 2 fully saturated rings. The number of nitrogens with two attached hydrogens (primary N) is 1. The fourth-order valence-electron chi connectivity index (χ4n) is 4.90. The minimum absolute atomic E-state index is 0. The Balaban J connectivity index is 0.00000160. The first kappa shape index (κ1) is 25.1. The highest BCUT2D eigenvalue weighted by atomic mass is 35.5. The van der Waals surface area contributed by atoms with Crippen molar-refractivity contribution in [3.63, 3.8) is 0 Å². The first-order valence-electron chi connectivity index (χ1n) is 10.5. The minimum Gasteiger partial charge on any atom is -0.392 e. The van der Waals surface area contributed by atoms with Crippen molar-refractivity contribution in [2.24, 2.45) is 11.1 Å². The summed E-state index contributed by atoms with van der Waals surface area (Å²) < 4.78 is 5.91. The Morgan fingerprint density at radius 1 is 1.07 bits per heavy atom. The standard InChI is InChI=1S/C24H32N2O2.2ClH/c1-18-4-2-3-5-21(18)20-8-6-19(7-9-20)17-26-13-10-24(11-14-26)22(27)16-23(24)28-15-12-25;;/h2-9,22-23,27H,10-17,25H2,1H3;2*1H/t22-,23+;;/m1../s1. The molecule has 0 amide bonds. The fraction of sp³-hybridized carbons (Fsp3) is 0.500. The van der Waals surface area contributed by atoms with Crippen LogP contribution in [0.2, 0.25) is 0 Å². The average molecular weight is 453 g/mol. The monoisotopic (exact) mass is 452 g/mol. The molecular formula is C24H34Cl2N2O2. The second-order valence-corrected chi connectivity index (χ2v) is 8.42. The van der Waals surface area contributed by atoms with Gasteiger partial charge in [0.1, 0.15) is 0 Å². The van der Waals surface area contributed by atoms with Gasteiger partial charge in [0.2, 0.25) is 0 Å². The average Bonchev–Trinajstić information content (AvgIpc) is 2.72. The van der Waals surface area contributed by atoms with Crippen molar-refractivity contribution in [1.82, 2.24) is 4.90 Å². The predicted molar refractivity (Wildman–Crippen MR) is 127 cm³/mol. The molecule has 3 N–H and O–H groups in total. The lowest BCUT2D eigenvalue weighted by Gasteiger charge is -2.56. The summed E-state index contributed by atoms with van der Waals surface area (Å²) in [6, 6.07) is 17.5. The summed E-state index contributed by atoms with van der Waals surface area (Å²) in [7, 11) is 0. The number of hydrogen-bond donors (Lipinski definition) is 2. The van der Waals surface area contributed by atoms with E-state index in [1.54, 1.807) is 0 Å². The molecule has 2 aromatic rings. The van der Waals surface area contributed by atoms with E-state index in [9.17, 15) is 5.11 Å². The zero-order valence-corrected chi connectivity index (χ0v) is 19.3. The van der Waals surface area contributed by atoms with Crippen LogP contribution < -0.4 is 5.73 Å². The summed E-state index contributed by atoms with van der Waals surface area (Å²) in [6.45, 7) is 6.29. The molecule has 0 unspecified atom stereocenters. The molecule has 4 rings (SSSR count). The van der Waals surface area contributed by atoms with Gasteiger partial charge in [0.15, 0.2) is 0 Å². The van der Waals surface area contributed by atoms with Crippen LogP contribution in [0.3, 0.4) is 0 Å². The Hall–Kier alpha value is -1.14. The van der Waals surface area contributed by atoms with Crippen LogP contribution >= 0.6 is 24.8 Å². The number of aryl methyl sites for hydroxylation is 1. The van der Waals surface area contributed by atoms with Crippen molar-refractivity contribution in [2.45, 2.75) is 44.9 Å². The van der Waals surface area contributed by atoms with Gasteiger partial charge >= 0.3 is 0 Å². The van der Waals surface area contributed by atoms with Crippen molar-refractivity contribution in [3.05, 3.63) is 59.7 Å². The third-order valence-electron chi connectivity index (χ3n) is 6.78. The molecular weight excluding hydrogens is 419 g/mol. The van der Waals surface area contributed by atoms with E-state index in [-0.39, 0.29) is 42.4 Å². The van der Waals surface area contributed by atoms with Gasteiger partial charge in [-0.15, -0.1) is 24.8 Å². The molecule has 6 heteroatoms. The van der Waals surface area contributed by atoms with E-state index < -0.39 is 0 Å². The molecule has 1 saturated heterocycles. The highest BCUT2D eigenvalue weighted by Gasteiger charge is 2.55. The van der Waals surface area contributed by atoms with E-state index in [0.717, 1.165) is 38.9 Å². The number of aliphatic hydroxyl groups is 1. The zero-order valence-electron chi connectivity index (χ0n) is 17.6. The molecule has 2 atom stereocenters. The van der Waals surface area contributed by atoms with E-state index in [4.69, 9.17) is 10.5 Å². The molecule has 4 nitrogen and oxygen atoms in total. The lowest BCUT2D eigenvalue weighted by molar-refractivity contribution is -0.210. The maximum atomic E-state index is 10.4. The van der Waals surface area contributed by atoms with Gasteiger partial charge in [0, 0.05) is 24.9 Å². The van der Waals surface area contributed by atoms with Crippen molar-refractivity contribution >= 4 is 24.8 Å². The van der Waals surface area contributed by atoms with E-state index in [1.807, 2.05) is 0 Å². The molecule has 1 heterocycles. The number of ether oxygens (including phenoxy) is 1. The van der Waals surface area contributed by atoms with Crippen LogP contribution in [-0.4, -0.2) is 48.5 Å². The quantitative estimate of drug-likeness (QED) is 0.689. The van der Waals surface area contributed by atoms with Crippen LogP contribution in [0.5, 0.6) is 0 Å². The van der Waals surface area contributed by atoms with Crippen molar-refractivity contribution in [1.29, 1.82) is 0 Å². The lowest BCUT2D eigenvalue weighted by Crippen LogP contribution is -2.62. The van der Waals surface area contributed by atoms with Crippen LogP contribution in [0, 0.1) is 12.3 Å². The summed E-state index contributed by atoms with van der Waals surface area (Å²) in [4.78, 5) is 2.50. The van der Waals surface area contributed by atoms with Gasteiger partial charge in [-0.3, -0.25) is 4.90 Å². The summed E-state index contributed by atoms with van der Waals surface area (Å²) >= 11 is 0. The normalized spacial score (nSPS) is 22.6. The predicted octanol–water partition coefficient (Wildman–Crippen LogP) is 4.20. The number of benzene rings is 2. The fourth-order valence-corrected chi connectivity index (χ4v) is 4.90. The van der Waals surface area contributed by atoms with Crippen LogP contribution in [-0.2, 0) is 11.3 Å². The number of rotatable bonds is 6. The molecule has 1 spiro atoms. The molecule has 0 bridgehead atoms. The number of nitrogens with zero attached hydrogens (tertiary/aromatic N) is 1. The maximum absolute atomic E-state index is 10.4. The molecule has 1 aliphatic carbocycles. The minimum atomic E-state index is -0.217. The largest absolute Gasteiger partial charge is 0.392 e. The Labute approximate surface area is 192 Å². The van der Waals surface area contributed by atoms with E-state index in [2.05, 4.69) is 60.4 Å². The summed E-state index contributed by atoms with van der Waals surface area (Å²) in [6.07, 6.45) is 2.74. The second kappa shape index (κ2) is 10.9. The SMILES string of the molecule is Cc1ccccc1-c1ccc(CN2CCC3(CC2)[C@H](O)C[C@@H]3OCCN)cc1.Cl.Cl. The van der Waals surface area contributed by atoms with Gasteiger partial charge in [-0.2, -0.15) is 0 Å². The third kappa shape index (κ3) is 5.01. The number of piperidine rings is 1. The van der Waals surface area contributed by atoms with Gasteiger partial charge in [-0.05, 0) is 55.1 Å². The Morgan fingerprint density at radius 2 is 1.73 bits per heavy atom. The highest BCUT2D eigenvalue weighted by molar-refractivity contribution is 5.85. The van der Waals surface area contributed by atoms with E-state index in [0.29, 0.717) is 13.2 Å². The first-order valence-corrected chi connectivity index (χ1v) is 10.5. The second-order valence-electron chi connectivity index (χ2n) is 8.42. The van der Waals surface area contributed by atoms with Gasteiger partial charge in [-0.1, -0.05) is 48.5 Å². The molecule has 1 aliphatic heterocycles. The van der Waals surface area contributed by atoms with Crippen molar-refractivity contribution < 1.29 is 9.84 Å². The Kier molecular flexibility index (Phi) is 9.16. The smallest absolute Gasteiger partial charge is 0.0682 e. The topological polar surface area (TPSA) is 58.7 Å². The number of halogens is 2. The van der Waals surface area contributed by atoms with Gasteiger partial charge in [-0.25, -0.2) is 0 Å². The van der Waals surface area contributed by atoms with Gasteiger partial charge in [0.25, 0.3) is 0 Å². The summed E-state index contributed by atoms with van der Waals surface area (Å²) in [5.74, 6) is 0. The molecule has 0 aromatic heterocycles. The third-order valence-corrected chi connectivity index (χ3v) is 6.78. The highest BCUT2D eigenvalue weighted by Crippen LogP contribution is 2.51. The van der Waals surface area contributed by atoms with Crippen LogP contribution in [0.25, 0.3) is 11.1 Å². The summed E-state index contributed by atoms with van der Waals surface area (Å²) in [5.41, 5.74) is 10.8. The molecule has 1 saturated carbocycles. The molecule has 2 aromatic carbocycles. The molecule has 30 heavy (non-hydrogen) atoms. The number of aliphatic hydroxyl groups excluding tert-OH is 1. The van der Waals surface area contributed by atoms with Crippen LogP contribution in [0.1, 0.15) is 30.4 Å².